The molecule has 7 nitrogen and oxygen atoms in total. The Morgan fingerprint density at radius 3 is 2.45 bits per heavy atom. The van der Waals surface area contributed by atoms with E-state index in [0.717, 1.165) is 11.1 Å². The zero-order chi connectivity index (χ0) is 23.6. The highest BCUT2D eigenvalue weighted by Gasteiger charge is 2.10. The molecule has 1 N–H and O–H groups in total. The van der Waals surface area contributed by atoms with E-state index in [1.54, 1.807) is 30.3 Å². The third-order valence-corrected chi connectivity index (χ3v) is 4.81. The quantitative estimate of drug-likeness (QED) is 0.331. The van der Waals surface area contributed by atoms with E-state index in [1.165, 1.54) is 20.4 Å². The van der Waals surface area contributed by atoms with E-state index >= 15 is 0 Å². The monoisotopic (exact) mass is 468 g/mol. The van der Waals surface area contributed by atoms with Crippen molar-refractivity contribution in [2.45, 2.75) is 13.5 Å². The summed E-state index contributed by atoms with van der Waals surface area (Å²) in [6.45, 7) is 2.73. The first kappa shape index (κ1) is 23.9. The number of methoxy groups -OCH3 is 2. The predicted octanol–water partition coefficient (Wildman–Crippen LogP) is 5.10. The van der Waals surface area contributed by atoms with E-state index in [2.05, 4.69) is 10.5 Å². The first-order valence-corrected chi connectivity index (χ1v) is 10.6. The average Bonchev–Trinajstić information content (AvgIpc) is 2.83. The van der Waals surface area contributed by atoms with Crippen LogP contribution in [-0.2, 0) is 6.61 Å². The van der Waals surface area contributed by atoms with Gasteiger partial charge in [-0.15, -0.1) is 0 Å². The van der Waals surface area contributed by atoms with Crippen molar-refractivity contribution in [3.05, 3.63) is 82.4 Å². The second-order valence-corrected chi connectivity index (χ2v) is 7.26. The molecule has 0 radical (unpaired) electrons. The van der Waals surface area contributed by atoms with Crippen LogP contribution in [0.5, 0.6) is 23.0 Å². The number of hydrazone groups is 1. The fourth-order valence-electron chi connectivity index (χ4n) is 2.99. The number of carbonyl (C=O) groups excluding carboxylic acids is 1. The Labute approximate surface area is 197 Å². The predicted molar refractivity (Wildman–Crippen MR) is 128 cm³/mol. The Morgan fingerprint density at radius 1 is 0.939 bits per heavy atom. The molecule has 33 heavy (non-hydrogen) atoms. The van der Waals surface area contributed by atoms with Crippen LogP contribution in [0.2, 0.25) is 5.02 Å². The Kier molecular flexibility index (Phi) is 8.55. The van der Waals surface area contributed by atoms with Crippen LogP contribution in [0.15, 0.2) is 65.8 Å². The Bertz CT molecular complexity index is 1130. The van der Waals surface area contributed by atoms with Gasteiger partial charge in [-0.25, -0.2) is 5.43 Å². The van der Waals surface area contributed by atoms with Crippen molar-refractivity contribution < 1.29 is 23.7 Å². The number of ether oxygens (including phenoxy) is 4. The molecule has 0 aliphatic carbocycles. The van der Waals surface area contributed by atoms with E-state index in [9.17, 15) is 4.79 Å². The maximum Gasteiger partial charge on any atom is 0.271 e. The van der Waals surface area contributed by atoms with Gasteiger partial charge in [0.1, 0.15) is 6.61 Å². The molecule has 3 aromatic carbocycles. The van der Waals surface area contributed by atoms with Crippen LogP contribution < -0.4 is 24.4 Å². The van der Waals surface area contributed by atoms with Gasteiger partial charge in [-0.2, -0.15) is 5.10 Å². The number of rotatable bonds is 10. The summed E-state index contributed by atoms with van der Waals surface area (Å²) in [6, 6.07) is 17.8. The van der Waals surface area contributed by atoms with E-state index in [-0.39, 0.29) is 5.91 Å². The zero-order valence-electron chi connectivity index (χ0n) is 18.6. The summed E-state index contributed by atoms with van der Waals surface area (Å²) >= 11 is 6.03. The summed E-state index contributed by atoms with van der Waals surface area (Å²) in [5.41, 5.74) is 4.59. The molecule has 0 saturated heterocycles. The number of carbonyl (C=O) groups is 1. The maximum atomic E-state index is 12.4. The Balaban J connectivity index is 1.66. The highest BCUT2D eigenvalue weighted by Crippen LogP contribution is 2.29. The summed E-state index contributed by atoms with van der Waals surface area (Å²) in [5, 5.41) is 4.70. The molecule has 1 amide bonds. The van der Waals surface area contributed by atoms with Gasteiger partial charge in [0.25, 0.3) is 5.91 Å². The number of hydrogen-bond donors (Lipinski definition) is 1. The van der Waals surface area contributed by atoms with E-state index in [0.29, 0.717) is 46.8 Å². The summed E-state index contributed by atoms with van der Waals surface area (Å²) in [6.07, 6.45) is 1.53. The molecule has 0 atom stereocenters. The molecule has 0 aromatic heterocycles. The van der Waals surface area contributed by atoms with Gasteiger partial charge in [-0.1, -0.05) is 23.7 Å². The normalized spacial score (nSPS) is 10.7. The van der Waals surface area contributed by atoms with Crippen LogP contribution in [0, 0.1) is 0 Å². The van der Waals surface area contributed by atoms with Gasteiger partial charge in [0.05, 0.1) is 27.0 Å². The lowest BCUT2D eigenvalue weighted by Gasteiger charge is -2.13. The lowest BCUT2D eigenvalue weighted by atomic mass is 10.2. The van der Waals surface area contributed by atoms with E-state index in [1.807, 2.05) is 37.3 Å². The zero-order valence-corrected chi connectivity index (χ0v) is 19.4. The molecule has 0 aliphatic rings. The van der Waals surface area contributed by atoms with Crippen molar-refractivity contribution in [2.24, 2.45) is 5.10 Å². The maximum absolute atomic E-state index is 12.4. The standard InChI is InChI=1S/C25H25ClN2O5/c1-4-32-24-13-17(8-10-22(24)33-16-18-6-5-7-20(26)12-18)15-27-28-25(29)19-9-11-21(30-2)23(14-19)31-3/h5-15H,4,16H2,1-3H3,(H,28,29)/b27-15-. The van der Waals surface area contributed by atoms with E-state index in [4.69, 9.17) is 30.5 Å². The second-order valence-electron chi connectivity index (χ2n) is 6.83. The summed E-state index contributed by atoms with van der Waals surface area (Å²) in [4.78, 5) is 12.4. The highest BCUT2D eigenvalue weighted by molar-refractivity contribution is 6.30. The summed E-state index contributed by atoms with van der Waals surface area (Å²) in [5.74, 6) is 1.80. The Morgan fingerprint density at radius 2 is 1.73 bits per heavy atom. The number of nitrogens with zero attached hydrogens (tertiary/aromatic N) is 1. The minimum absolute atomic E-state index is 0.357. The second kappa shape index (κ2) is 11.8. The van der Waals surface area contributed by atoms with Crippen molar-refractivity contribution in [1.29, 1.82) is 0 Å². The molecular formula is C25H25ClN2O5. The fraction of sp³-hybridized carbons (Fsp3) is 0.200. The molecule has 0 unspecified atom stereocenters. The highest BCUT2D eigenvalue weighted by atomic mass is 35.5. The van der Waals surface area contributed by atoms with Crippen LogP contribution >= 0.6 is 11.6 Å². The molecule has 0 spiro atoms. The lowest BCUT2D eigenvalue weighted by molar-refractivity contribution is 0.0954. The molecule has 3 aromatic rings. The van der Waals surface area contributed by atoms with Gasteiger partial charge in [0.15, 0.2) is 23.0 Å². The van der Waals surface area contributed by atoms with Crippen molar-refractivity contribution in [1.82, 2.24) is 5.43 Å². The summed E-state index contributed by atoms with van der Waals surface area (Å²) in [7, 11) is 3.04. The van der Waals surface area contributed by atoms with Crippen molar-refractivity contribution in [2.75, 3.05) is 20.8 Å². The van der Waals surface area contributed by atoms with Crippen LogP contribution in [-0.4, -0.2) is 32.9 Å². The van der Waals surface area contributed by atoms with Gasteiger partial charge >= 0.3 is 0 Å². The number of amides is 1. The minimum atomic E-state index is -0.376. The molecule has 0 bridgehead atoms. The van der Waals surface area contributed by atoms with Gasteiger partial charge in [0.2, 0.25) is 0 Å². The Hall–Kier alpha value is -3.71. The first-order chi connectivity index (χ1) is 16.0. The SMILES string of the molecule is CCOc1cc(/C=N\NC(=O)c2ccc(OC)c(OC)c2)ccc1OCc1cccc(Cl)c1. The van der Waals surface area contributed by atoms with E-state index < -0.39 is 0 Å². The average molecular weight is 469 g/mol. The van der Waals surface area contributed by atoms with Crippen molar-refractivity contribution in [3.8, 4) is 23.0 Å². The summed E-state index contributed by atoms with van der Waals surface area (Å²) < 4.78 is 22.0. The molecule has 0 aliphatic heterocycles. The number of hydrogen-bond acceptors (Lipinski definition) is 6. The van der Waals surface area contributed by atoms with Crippen LogP contribution in [0.1, 0.15) is 28.4 Å². The minimum Gasteiger partial charge on any atom is -0.493 e. The van der Waals surface area contributed by atoms with Gasteiger partial charge in [-0.05, 0) is 66.6 Å². The molecule has 0 heterocycles. The van der Waals surface area contributed by atoms with Crippen LogP contribution in [0.3, 0.4) is 0 Å². The third-order valence-electron chi connectivity index (χ3n) is 4.58. The van der Waals surface area contributed by atoms with Crippen LogP contribution in [0.4, 0.5) is 0 Å². The lowest BCUT2D eigenvalue weighted by Crippen LogP contribution is -2.17. The van der Waals surface area contributed by atoms with Crippen molar-refractivity contribution >= 4 is 23.7 Å². The molecule has 8 heteroatoms. The van der Waals surface area contributed by atoms with Crippen molar-refractivity contribution in [3.63, 3.8) is 0 Å². The molecular weight excluding hydrogens is 444 g/mol. The van der Waals surface area contributed by atoms with Gasteiger partial charge < -0.3 is 18.9 Å². The first-order valence-electron chi connectivity index (χ1n) is 10.2. The topological polar surface area (TPSA) is 78.4 Å². The molecule has 3 rings (SSSR count). The third kappa shape index (κ3) is 6.63. The van der Waals surface area contributed by atoms with Crippen LogP contribution in [0.25, 0.3) is 0 Å². The number of benzene rings is 3. The largest absolute Gasteiger partial charge is 0.493 e. The molecule has 0 saturated carbocycles. The number of halogens is 1. The molecule has 172 valence electrons. The number of nitrogens with one attached hydrogen (secondary N) is 1. The molecule has 0 fully saturated rings. The van der Waals surface area contributed by atoms with Gasteiger partial charge in [-0.3, -0.25) is 4.79 Å². The van der Waals surface area contributed by atoms with Gasteiger partial charge in [0, 0.05) is 10.6 Å². The fourth-order valence-corrected chi connectivity index (χ4v) is 3.20. The smallest absolute Gasteiger partial charge is 0.271 e.